The van der Waals surface area contributed by atoms with Crippen molar-refractivity contribution < 1.29 is 9.53 Å². The molecule has 3 nitrogen and oxygen atoms in total. The number of ether oxygens (including phenoxy) is 1. The van der Waals surface area contributed by atoms with Crippen molar-refractivity contribution in [3.05, 3.63) is 0 Å². The summed E-state index contributed by atoms with van der Waals surface area (Å²) in [6, 6.07) is 0.273. The van der Waals surface area contributed by atoms with Gasteiger partial charge in [-0.15, -0.1) is 0 Å². The van der Waals surface area contributed by atoms with E-state index in [1.165, 1.54) is 0 Å². The third-order valence-electron chi connectivity index (χ3n) is 1.89. The monoisotopic (exact) mass is 157 g/mol. The first-order valence-electron chi connectivity index (χ1n) is 3.98. The van der Waals surface area contributed by atoms with Crippen molar-refractivity contribution in [1.29, 1.82) is 0 Å². The minimum absolute atomic E-state index is 0.0770. The Morgan fingerprint density at radius 1 is 1.64 bits per heavy atom. The van der Waals surface area contributed by atoms with Crippen molar-refractivity contribution >= 4 is 5.91 Å². The second-order valence-corrected chi connectivity index (χ2v) is 3.28. The number of hydrogen-bond acceptors (Lipinski definition) is 2. The predicted octanol–water partition coefficient (Wildman–Crippen LogP) is 0.546. The highest BCUT2D eigenvalue weighted by atomic mass is 16.5. The Morgan fingerprint density at radius 2 is 2.27 bits per heavy atom. The molecule has 1 rings (SSSR count). The van der Waals surface area contributed by atoms with Crippen molar-refractivity contribution in [3.63, 3.8) is 0 Å². The summed E-state index contributed by atoms with van der Waals surface area (Å²) in [5.41, 5.74) is 0. The van der Waals surface area contributed by atoms with Gasteiger partial charge in [0.25, 0.3) is 0 Å². The summed E-state index contributed by atoms with van der Waals surface area (Å²) >= 11 is 0. The van der Waals surface area contributed by atoms with Crippen LogP contribution in [0.5, 0.6) is 0 Å². The van der Waals surface area contributed by atoms with Crippen molar-refractivity contribution in [3.8, 4) is 0 Å². The van der Waals surface area contributed by atoms with E-state index >= 15 is 0 Å². The summed E-state index contributed by atoms with van der Waals surface area (Å²) in [5.74, 6) is 0.197. The molecule has 1 aliphatic carbocycles. The second-order valence-electron chi connectivity index (χ2n) is 3.28. The Labute approximate surface area is 67.1 Å². The number of carbonyl (C=O) groups is 1. The van der Waals surface area contributed by atoms with Crippen LogP contribution in [0.2, 0.25) is 0 Å². The van der Waals surface area contributed by atoms with Crippen LogP contribution in [0.1, 0.15) is 20.3 Å². The van der Waals surface area contributed by atoms with Gasteiger partial charge in [-0.25, -0.2) is 0 Å². The number of carbonyl (C=O) groups excluding carboxylic acids is 1. The highest BCUT2D eigenvalue weighted by molar-refractivity contribution is 5.78. The minimum atomic E-state index is 0.0770. The van der Waals surface area contributed by atoms with Crippen LogP contribution >= 0.6 is 0 Å². The maximum atomic E-state index is 11.1. The van der Waals surface area contributed by atoms with E-state index in [0.717, 1.165) is 6.42 Å². The molecule has 1 N–H and O–H groups in total. The Kier molecular flexibility index (Phi) is 2.49. The fraction of sp³-hybridized carbons (Fsp3) is 0.875. The standard InChI is InChI=1S/C8H15NO2/c1-5(2)8(10)9-6-4-7(6)11-3/h5-7H,4H2,1-3H3,(H,9,10). The zero-order valence-electron chi connectivity index (χ0n) is 7.26. The Balaban J connectivity index is 2.18. The number of hydrogen-bond donors (Lipinski definition) is 1. The van der Waals surface area contributed by atoms with Gasteiger partial charge in [0.1, 0.15) is 0 Å². The average molecular weight is 157 g/mol. The largest absolute Gasteiger partial charge is 0.379 e. The molecule has 1 aliphatic rings. The van der Waals surface area contributed by atoms with E-state index in [9.17, 15) is 4.79 Å². The summed E-state index contributed by atoms with van der Waals surface area (Å²) in [4.78, 5) is 11.1. The molecule has 2 atom stereocenters. The normalized spacial score (nSPS) is 28.7. The summed E-state index contributed by atoms with van der Waals surface area (Å²) in [5, 5.41) is 2.89. The van der Waals surface area contributed by atoms with Gasteiger partial charge in [-0.1, -0.05) is 13.8 Å². The summed E-state index contributed by atoms with van der Waals surface area (Å²) in [7, 11) is 1.67. The van der Waals surface area contributed by atoms with Crippen LogP contribution in [0, 0.1) is 5.92 Å². The molecule has 1 amide bonds. The van der Waals surface area contributed by atoms with Gasteiger partial charge in [0, 0.05) is 13.0 Å². The van der Waals surface area contributed by atoms with Crippen LogP contribution in [-0.4, -0.2) is 25.2 Å². The lowest BCUT2D eigenvalue weighted by atomic mass is 10.2. The van der Waals surface area contributed by atoms with Gasteiger partial charge in [0.15, 0.2) is 0 Å². The van der Waals surface area contributed by atoms with E-state index in [0.29, 0.717) is 0 Å². The molecule has 1 fully saturated rings. The number of nitrogens with one attached hydrogen (secondary N) is 1. The van der Waals surface area contributed by atoms with Crippen LogP contribution in [-0.2, 0) is 9.53 Å². The first kappa shape index (κ1) is 8.53. The van der Waals surface area contributed by atoms with Gasteiger partial charge in [0.05, 0.1) is 12.1 Å². The van der Waals surface area contributed by atoms with E-state index in [2.05, 4.69) is 5.32 Å². The molecule has 0 radical (unpaired) electrons. The summed E-state index contributed by atoms with van der Waals surface area (Å²) < 4.78 is 5.04. The van der Waals surface area contributed by atoms with E-state index in [1.54, 1.807) is 7.11 Å². The van der Waals surface area contributed by atoms with E-state index < -0.39 is 0 Å². The molecule has 0 bridgehead atoms. The van der Waals surface area contributed by atoms with E-state index in [1.807, 2.05) is 13.8 Å². The van der Waals surface area contributed by atoms with Gasteiger partial charge in [-0.2, -0.15) is 0 Å². The molecule has 0 aromatic rings. The molecule has 0 aliphatic heterocycles. The summed E-state index contributed by atoms with van der Waals surface area (Å²) in [6.45, 7) is 3.78. The molecular weight excluding hydrogens is 142 g/mol. The number of rotatable bonds is 3. The molecule has 0 heterocycles. The van der Waals surface area contributed by atoms with E-state index in [4.69, 9.17) is 4.74 Å². The lowest BCUT2D eigenvalue weighted by molar-refractivity contribution is -0.124. The third-order valence-corrected chi connectivity index (χ3v) is 1.89. The quantitative estimate of drug-likeness (QED) is 0.649. The lowest BCUT2D eigenvalue weighted by Crippen LogP contribution is -2.31. The Hall–Kier alpha value is -0.570. The Bertz CT molecular complexity index is 156. The van der Waals surface area contributed by atoms with Crippen molar-refractivity contribution in [2.45, 2.75) is 32.4 Å². The van der Waals surface area contributed by atoms with Gasteiger partial charge < -0.3 is 10.1 Å². The number of amides is 1. The van der Waals surface area contributed by atoms with Crippen molar-refractivity contribution in [1.82, 2.24) is 5.32 Å². The predicted molar refractivity (Wildman–Crippen MR) is 42.2 cm³/mol. The molecule has 11 heavy (non-hydrogen) atoms. The smallest absolute Gasteiger partial charge is 0.222 e. The Morgan fingerprint density at radius 3 is 2.64 bits per heavy atom. The fourth-order valence-electron chi connectivity index (χ4n) is 0.933. The highest BCUT2D eigenvalue weighted by Crippen LogP contribution is 2.24. The fourth-order valence-corrected chi connectivity index (χ4v) is 0.933. The van der Waals surface area contributed by atoms with Crippen LogP contribution in [0.15, 0.2) is 0 Å². The van der Waals surface area contributed by atoms with E-state index in [-0.39, 0.29) is 24.0 Å². The van der Waals surface area contributed by atoms with Crippen LogP contribution in [0.25, 0.3) is 0 Å². The van der Waals surface area contributed by atoms with Gasteiger partial charge in [0.2, 0.25) is 5.91 Å². The molecule has 0 spiro atoms. The van der Waals surface area contributed by atoms with Crippen molar-refractivity contribution in [2.75, 3.05) is 7.11 Å². The molecular formula is C8H15NO2. The topological polar surface area (TPSA) is 38.3 Å². The SMILES string of the molecule is COC1CC1NC(=O)C(C)C. The molecule has 0 saturated heterocycles. The molecule has 3 heteroatoms. The van der Waals surface area contributed by atoms with Crippen LogP contribution < -0.4 is 5.32 Å². The molecule has 0 aromatic carbocycles. The minimum Gasteiger partial charge on any atom is -0.379 e. The first-order valence-corrected chi connectivity index (χ1v) is 3.98. The van der Waals surface area contributed by atoms with Gasteiger partial charge >= 0.3 is 0 Å². The van der Waals surface area contributed by atoms with Gasteiger partial charge in [-0.3, -0.25) is 4.79 Å². The lowest BCUT2D eigenvalue weighted by Gasteiger charge is -2.05. The molecule has 1 saturated carbocycles. The maximum Gasteiger partial charge on any atom is 0.222 e. The van der Waals surface area contributed by atoms with Gasteiger partial charge in [-0.05, 0) is 6.42 Å². The first-order chi connectivity index (χ1) is 5.15. The summed E-state index contributed by atoms with van der Waals surface area (Å²) in [6.07, 6.45) is 1.23. The average Bonchev–Trinajstić information content (AvgIpc) is 2.67. The van der Waals surface area contributed by atoms with Crippen LogP contribution in [0.4, 0.5) is 0 Å². The van der Waals surface area contributed by atoms with Crippen molar-refractivity contribution in [2.24, 2.45) is 5.92 Å². The zero-order valence-corrected chi connectivity index (χ0v) is 7.26. The number of methoxy groups -OCH3 is 1. The third kappa shape index (κ3) is 2.19. The zero-order chi connectivity index (χ0) is 8.43. The van der Waals surface area contributed by atoms with Crippen LogP contribution in [0.3, 0.4) is 0 Å². The molecule has 0 aromatic heterocycles. The molecule has 64 valence electrons. The highest BCUT2D eigenvalue weighted by Gasteiger charge is 2.38. The maximum absolute atomic E-state index is 11.1. The molecule has 2 unspecified atom stereocenters. The second kappa shape index (κ2) is 3.22.